The zero-order chi connectivity index (χ0) is 13.1. The smallest absolute Gasteiger partial charge is 0.135 e. The second-order valence-electron chi connectivity index (χ2n) is 3.70. The van der Waals surface area contributed by atoms with Crippen molar-refractivity contribution in [2.24, 2.45) is 0 Å². The van der Waals surface area contributed by atoms with Crippen LogP contribution in [-0.2, 0) is 6.54 Å². The van der Waals surface area contributed by atoms with Crippen molar-refractivity contribution in [1.82, 2.24) is 4.98 Å². The van der Waals surface area contributed by atoms with E-state index in [0.717, 1.165) is 31.1 Å². The lowest BCUT2D eigenvalue weighted by Gasteiger charge is -2.10. The normalized spacial score (nSPS) is 10.4. The van der Waals surface area contributed by atoms with Crippen molar-refractivity contribution in [1.29, 1.82) is 0 Å². The first kappa shape index (κ1) is 13.8. The maximum atomic E-state index is 5.28. The van der Waals surface area contributed by atoms with E-state index in [9.17, 15) is 0 Å². The van der Waals surface area contributed by atoms with Crippen molar-refractivity contribution in [2.75, 3.05) is 12.4 Å². The summed E-state index contributed by atoms with van der Waals surface area (Å²) < 4.78 is 7.19. The highest BCUT2D eigenvalue weighted by molar-refractivity contribution is 9.11. The summed E-state index contributed by atoms with van der Waals surface area (Å²) in [6, 6.07) is 3.92. The first-order chi connectivity index (χ1) is 8.60. The number of thiazole rings is 1. The van der Waals surface area contributed by atoms with E-state index in [1.165, 1.54) is 0 Å². The van der Waals surface area contributed by atoms with Gasteiger partial charge in [-0.05, 0) is 44.8 Å². The van der Waals surface area contributed by atoms with Crippen LogP contribution in [0.5, 0.6) is 5.75 Å². The van der Waals surface area contributed by atoms with Gasteiger partial charge < -0.3 is 10.1 Å². The number of nitrogens with zero attached hydrogens (tertiary/aromatic N) is 1. The second kappa shape index (κ2) is 6.04. The largest absolute Gasteiger partial charge is 0.495 e. The molecule has 0 saturated carbocycles. The first-order valence-corrected chi connectivity index (χ1v) is 7.74. The molecule has 0 radical (unpaired) electrons. The molecule has 0 unspecified atom stereocenters. The highest BCUT2D eigenvalue weighted by Crippen LogP contribution is 2.34. The van der Waals surface area contributed by atoms with Gasteiger partial charge in [0.05, 0.1) is 23.8 Å². The predicted molar refractivity (Wildman–Crippen MR) is 82.6 cm³/mol. The molecule has 1 heterocycles. The standard InChI is InChI=1S/C12H12Br2N2OS/c1-7-6-18-12(16-7)5-15-10-4-11(17-2)9(14)3-8(10)13/h3-4,6,15H,5H2,1-2H3. The van der Waals surface area contributed by atoms with Crippen LogP contribution >= 0.6 is 43.2 Å². The minimum Gasteiger partial charge on any atom is -0.495 e. The fraction of sp³-hybridized carbons (Fsp3) is 0.250. The monoisotopic (exact) mass is 390 g/mol. The molecule has 3 nitrogen and oxygen atoms in total. The maximum absolute atomic E-state index is 5.28. The van der Waals surface area contributed by atoms with Gasteiger partial charge in [-0.25, -0.2) is 4.98 Å². The van der Waals surface area contributed by atoms with E-state index in [0.29, 0.717) is 6.54 Å². The lowest BCUT2D eigenvalue weighted by molar-refractivity contribution is 0.412. The summed E-state index contributed by atoms with van der Waals surface area (Å²) in [7, 11) is 1.65. The Hall–Kier alpha value is -0.590. The Morgan fingerprint density at radius 2 is 2.11 bits per heavy atom. The number of hydrogen-bond acceptors (Lipinski definition) is 4. The maximum Gasteiger partial charge on any atom is 0.135 e. The molecule has 0 aliphatic heterocycles. The summed E-state index contributed by atoms with van der Waals surface area (Å²) in [6.07, 6.45) is 0. The molecule has 0 atom stereocenters. The zero-order valence-electron chi connectivity index (χ0n) is 9.96. The summed E-state index contributed by atoms with van der Waals surface area (Å²) in [5, 5.41) is 6.47. The van der Waals surface area contributed by atoms with Crippen molar-refractivity contribution in [3.63, 3.8) is 0 Å². The average Bonchev–Trinajstić information content (AvgIpc) is 2.74. The fourth-order valence-corrected chi connectivity index (χ4v) is 3.48. The number of aryl methyl sites for hydroxylation is 1. The van der Waals surface area contributed by atoms with Crippen LogP contribution < -0.4 is 10.1 Å². The van der Waals surface area contributed by atoms with E-state index in [1.807, 2.05) is 24.4 Å². The SMILES string of the molecule is COc1cc(NCc2nc(C)cs2)c(Br)cc1Br. The predicted octanol–water partition coefficient (Wildman–Crippen LogP) is 4.60. The van der Waals surface area contributed by atoms with Gasteiger partial charge in [0.15, 0.2) is 0 Å². The molecule has 0 bridgehead atoms. The Labute approximate surface area is 127 Å². The molecule has 0 aliphatic carbocycles. The van der Waals surface area contributed by atoms with E-state index in [4.69, 9.17) is 4.74 Å². The molecule has 0 spiro atoms. The van der Waals surface area contributed by atoms with Crippen molar-refractivity contribution < 1.29 is 4.74 Å². The quantitative estimate of drug-likeness (QED) is 0.826. The lowest BCUT2D eigenvalue weighted by atomic mass is 10.3. The molecule has 1 aromatic carbocycles. The van der Waals surface area contributed by atoms with Gasteiger partial charge in [-0.2, -0.15) is 0 Å². The number of benzene rings is 1. The number of hydrogen-bond donors (Lipinski definition) is 1. The van der Waals surface area contributed by atoms with Crippen LogP contribution in [0, 0.1) is 6.92 Å². The van der Waals surface area contributed by atoms with Gasteiger partial charge in [-0.3, -0.25) is 0 Å². The number of anilines is 1. The van der Waals surface area contributed by atoms with E-state index < -0.39 is 0 Å². The molecule has 6 heteroatoms. The summed E-state index contributed by atoms with van der Waals surface area (Å²) in [5.74, 6) is 0.802. The van der Waals surface area contributed by atoms with Gasteiger partial charge in [-0.15, -0.1) is 11.3 Å². The van der Waals surface area contributed by atoms with Gasteiger partial charge >= 0.3 is 0 Å². The Morgan fingerprint density at radius 1 is 1.33 bits per heavy atom. The van der Waals surface area contributed by atoms with Crippen molar-refractivity contribution in [3.05, 3.63) is 37.2 Å². The molecule has 18 heavy (non-hydrogen) atoms. The van der Waals surface area contributed by atoms with Crippen LogP contribution in [-0.4, -0.2) is 12.1 Å². The van der Waals surface area contributed by atoms with Crippen molar-refractivity contribution >= 4 is 48.9 Å². The topological polar surface area (TPSA) is 34.1 Å². The molecule has 1 aromatic heterocycles. The molecule has 0 fully saturated rings. The summed E-state index contributed by atoms with van der Waals surface area (Å²) in [6.45, 7) is 2.71. The molecule has 2 aromatic rings. The Kier molecular flexibility index (Phi) is 4.64. The highest BCUT2D eigenvalue weighted by Gasteiger charge is 2.07. The van der Waals surface area contributed by atoms with Gasteiger partial charge in [0, 0.05) is 21.6 Å². The van der Waals surface area contributed by atoms with E-state index >= 15 is 0 Å². The minimum absolute atomic E-state index is 0.710. The third-order valence-corrected chi connectivity index (χ3v) is 4.58. The Balaban J connectivity index is 2.13. The van der Waals surface area contributed by atoms with E-state index in [1.54, 1.807) is 18.4 Å². The van der Waals surface area contributed by atoms with Crippen LogP contribution in [0.2, 0.25) is 0 Å². The molecule has 96 valence electrons. The number of rotatable bonds is 4. The van der Waals surface area contributed by atoms with Crippen LogP contribution in [0.15, 0.2) is 26.5 Å². The van der Waals surface area contributed by atoms with Crippen LogP contribution in [0.1, 0.15) is 10.7 Å². The van der Waals surface area contributed by atoms with Crippen LogP contribution in [0.25, 0.3) is 0 Å². The van der Waals surface area contributed by atoms with E-state index in [2.05, 4.69) is 42.2 Å². The van der Waals surface area contributed by atoms with Crippen LogP contribution in [0.3, 0.4) is 0 Å². The number of halogens is 2. The van der Waals surface area contributed by atoms with Crippen molar-refractivity contribution in [3.8, 4) is 5.75 Å². The number of methoxy groups -OCH3 is 1. The first-order valence-electron chi connectivity index (χ1n) is 5.28. The highest BCUT2D eigenvalue weighted by atomic mass is 79.9. The van der Waals surface area contributed by atoms with Crippen molar-refractivity contribution in [2.45, 2.75) is 13.5 Å². The Morgan fingerprint density at radius 3 is 2.72 bits per heavy atom. The average molecular weight is 392 g/mol. The molecule has 0 aliphatic rings. The number of ether oxygens (including phenoxy) is 1. The number of aromatic nitrogens is 1. The number of nitrogens with one attached hydrogen (secondary N) is 1. The third kappa shape index (κ3) is 3.24. The minimum atomic E-state index is 0.710. The zero-order valence-corrected chi connectivity index (χ0v) is 13.9. The third-order valence-electron chi connectivity index (χ3n) is 2.34. The summed E-state index contributed by atoms with van der Waals surface area (Å²) in [5.41, 5.74) is 2.05. The molecule has 1 N–H and O–H groups in total. The lowest BCUT2D eigenvalue weighted by Crippen LogP contribution is -2.00. The molecule has 2 rings (SSSR count). The van der Waals surface area contributed by atoms with Gasteiger partial charge in [-0.1, -0.05) is 0 Å². The summed E-state index contributed by atoms with van der Waals surface area (Å²) in [4.78, 5) is 4.42. The van der Waals surface area contributed by atoms with Gasteiger partial charge in [0.1, 0.15) is 10.8 Å². The second-order valence-corrected chi connectivity index (χ2v) is 6.35. The van der Waals surface area contributed by atoms with Gasteiger partial charge in [0.2, 0.25) is 0 Å². The fourth-order valence-electron chi connectivity index (χ4n) is 1.48. The molecular weight excluding hydrogens is 380 g/mol. The molecular formula is C12H12Br2N2OS. The summed E-state index contributed by atoms with van der Waals surface area (Å²) >= 11 is 8.63. The molecule has 0 amide bonds. The van der Waals surface area contributed by atoms with Gasteiger partial charge in [0.25, 0.3) is 0 Å². The van der Waals surface area contributed by atoms with E-state index in [-0.39, 0.29) is 0 Å². The Bertz CT molecular complexity index is 557. The van der Waals surface area contributed by atoms with Crippen LogP contribution in [0.4, 0.5) is 5.69 Å². The molecule has 0 saturated heterocycles.